The molecule has 0 saturated carbocycles. The van der Waals surface area contributed by atoms with Crippen molar-refractivity contribution in [1.29, 1.82) is 0 Å². The second-order valence-electron chi connectivity index (χ2n) is 7.60. The minimum atomic E-state index is -0.207. The molecule has 3 N–H and O–H groups in total. The minimum Gasteiger partial charge on any atom is -0.396 e. The van der Waals surface area contributed by atoms with Gasteiger partial charge in [0.1, 0.15) is 0 Å². The Morgan fingerprint density at radius 3 is 1.85 bits per heavy atom. The number of hydrogen-bond acceptors (Lipinski definition) is 3. The number of amides is 1. The average molecular weight is 384 g/mol. The van der Waals surface area contributed by atoms with Crippen molar-refractivity contribution in [2.75, 3.05) is 19.8 Å². The van der Waals surface area contributed by atoms with Crippen LogP contribution < -0.4 is 5.73 Å². The first kappa shape index (κ1) is 26.1. The molecule has 1 heterocycles. The van der Waals surface area contributed by atoms with Crippen LogP contribution in [0.2, 0.25) is 0 Å². The third-order valence-corrected chi connectivity index (χ3v) is 4.88. The molecular weight excluding hydrogens is 338 g/mol. The van der Waals surface area contributed by atoms with Crippen molar-refractivity contribution >= 4 is 5.91 Å². The smallest absolute Gasteiger partial charge is 0.220 e. The number of aliphatic hydroxyl groups excluding tert-OH is 1. The first-order valence-electron chi connectivity index (χ1n) is 11.3. The fourth-order valence-electron chi connectivity index (χ4n) is 3.05. The zero-order valence-corrected chi connectivity index (χ0v) is 17.8. The van der Waals surface area contributed by atoms with E-state index in [9.17, 15) is 4.79 Å². The highest BCUT2D eigenvalue weighted by Crippen LogP contribution is 2.16. The van der Waals surface area contributed by atoms with Crippen LogP contribution in [0.15, 0.2) is 12.2 Å². The van der Waals surface area contributed by atoms with Gasteiger partial charge in [0.15, 0.2) is 0 Å². The average Bonchev–Trinajstić information content (AvgIpc) is 3.53. The van der Waals surface area contributed by atoms with Gasteiger partial charge in [-0.25, -0.2) is 0 Å². The number of nitrogens with two attached hydrogens (primary N) is 1. The summed E-state index contributed by atoms with van der Waals surface area (Å²) in [6, 6.07) is 0. The van der Waals surface area contributed by atoms with E-state index in [2.05, 4.69) is 23.8 Å². The Bertz CT molecular complexity index is 340. The number of aliphatic hydroxyl groups is 1. The zero-order chi connectivity index (χ0) is 20.0. The highest BCUT2D eigenvalue weighted by molar-refractivity contribution is 5.76. The van der Waals surface area contributed by atoms with Crippen LogP contribution >= 0.6 is 0 Å². The maximum Gasteiger partial charge on any atom is 0.220 e. The van der Waals surface area contributed by atoms with E-state index in [1.54, 1.807) is 0 Å². The summed E-state index contributed by atoms with van der Waals surface area (Å²) >= 11 is 0. The van der Waals surface area contributed by atoms with E-state index in [0.29, 0.717) is 6.42 Å². The third kappa shape index (κ3) is 23.1. The topological polar surface area (TPSA) is 75.8 Å². The highest BCUT2D eigenvalue weighted by atomic mass is 16.6. The van der Waals surface area contributed by atoms with Gasteiger partial charge in [-0.15, -0.1) is 0 Å². The number of ether oxygens (including phenoxy) is 1. The van der Waals surface area contributed by atoms with E-state index in [0.717, 1.165) is 32.5 Å². The summed E-state index contributed by atoms with van der Waals surface area (Å²) in [5.41, 5.74) is 5.40. The van der Waals surface area contributed by atoms with Gasteiger partial charge in [-0.2, -0.15) is 0 Å². The maximum atomic E-state index is 11.3. The van der Waals surface area contributed by atoms with Crippen LogP contribution in [0.5, 0.6) is 0 Å². The largest absolute Gasteiger partial charge is 0.396 e. The lowest BCUT2D eigenvalue weighted by molar-refractivity contribution is -0.122. The lowest BCUT2D eigenvalue weighted by Gasteiger charge is -2.12. The van der Waals surface area contributed by atoms with Gasteiger partial charge in [-0.1, -0.05) is 70.4 Å². The summed E-state index contributed by atoms with van der Waals surface area (Å²) < 4.78 is 4.50. The Balaban J connectivity index is 0.00000203. The fraction of sp³-hybridized carbons (Fsp3) is 0.870. The molecule has 0 aromatic rings. The molecule has 0 aromatic carbocycles. The quantitative estimate of drug-likeness (QED) is 0.186. The molecule has 0 bridgehead atoms. The molecular formula is C23H45NO3. The van der Waals surface area contributed by atoms with Gasteiger partial charge < -0.3 is 15.6 Å². The molecule has 1 amide bonds. The summed E-state index contributed by atoms with van der Waals surface area (Å²) in [4.78, 5) is 11.3. The summed E-state index contributed by atoms with van der Waals surface area (Å²) in [7, 11) is 0. The molecule has 160 valence electrons. The molecule has 4 heteroatoms. The van der Waals surface area contributed by atoms with Gasteiger partial charge in [-0.3, -0.25) is 4.79 Å². The number of unbranched alkanes of at least 4 members (excludes halogenated alkanes) is 10. The first-order valence-corrected chi connectivity index (χ1v) is 11.3. The first-order chi connectivity index (χ1) is 13.2. The Morgan fingerprint density at radius 2 is 1.37 bits per heavy atom. The van der Waals surface area contributed by atoms with Crippen LogP contribution in [0.1, 0.15) is 103 Å². The van der Waals surface area contributed by atoms with Crippen LogP contribution in [0.3, 0.4) is 0 Å². The van der Waals surface area contributed by atoms with E-state index in [1.807, 2.05) is 0 Å². The van der Waals surface area contributed by atoms with Crippen LogP contribution in [0.4, 0.5) is 0 Å². The number of carbonyl (C=O) groups excluding carboxylic acids is 1. The van der Waals surface area contributed by atoms with Crippen molar-refractivity contribution in [1.82, 2.24) is 0 Å². The predicted octanol–water partition coefficient (Wildman–Crippen LogP) is 5.52. The molecule has 1 atom stereocenters. The van der Waals surface area contributed by atoms with Gasteiger partial charge >= 0.3 is 0 Å². The fourth-order valence-corrected chi connectivity index (χ4v) is 3.05. The molecule has 0 aliphatic carbocycles. The number of rotatable bonds is 18. The normalized spacial score (nSPS) is 14.0. The van der Waals surface area contributed by atoms with Crippen LogP contribution in [0, 0.1) is 5.92 Å². The summed E-state index contributed by atoms with van der Waals surface area (Å²) in [6.45, 7) is 4.41. The number of allylic oxidation sites excluding steroid dienone is 2. The molecule has 0 spiro atoms. The summed E-state index contributed by atoms with van der Waals surface area (Å²) in [5.74, 6) is -0.254. The van der Waals surface area contributed by atoms with E-state index < -0.39 is 0 Å². The highest BCUT2D eigenvalue weighted by Gasteiger charge is 2.13. The van der Waals surface area contributed by atoms with Gasteiger partial charge in [-0.05, 0) is 44.9 Å². The van der Waals surface area contributed by atoms with Crippen molar-refractivity contribution in [2.24, 2.45) is 11.7 Å². The molecule has 4 nitrogen and oxygen atoms in total. The monoisotopic (exact) mass is 383 g/mol. The lowest BCUT2D eigenvalue weighted by atomic mass is 9.95. The molecule has 1 rings (SSSR count). The van der Waals surface area contributed by atoms with Gasteiger partial charge in [0.05, 0.1) is 13.2 Å². The minimum absolute atomic E-state index is 0.0469. The van der Waals surface area contributed by atoms with Crippen molar-refractivity contribution in [3.8, 4) is 0 Å². The molecule has 1 saturated heterocycles. The van der Waals surface area contributed by atoms with Crippen molar-refractivity contribution in [3.63, 3.8) is 0 Å². The van der Waals surface area contributed by atoms with Crippen molar-refractivity contribution in [2.45, 2.75) is 103 Å². The van der Waals surface area contributed by atoms with Gasteiger partial charge in [0, 0.05) is 12.5 Å². The maximum absolute atomic E-state index is 11.3. The zero-order valence-electron chi connectivity index (χ0n) is 17.8. The predicted molar refractivity (Wildman–Crippen MR) is 115 cm³/mol. The van der Waals surface area contributed by atoms with E-state index in [4.69, 9.17) is 10.8 Å². The van der Waals surface area contributed by atoms with Crippen LogP contribution in [0.25, 0.3) is 0 Å². The molecule has 0 radical (unpaired) electrons. The molecule has 1 unspecified atom stereocenters. The molecule has 1 aliphatic heterocycles. The summed E-state index contributed by atoms with van der Waals surface area (Å²) in [5, 5.41) is 8.83. The standard InChI is InChI=1S/C21H41NO2.C2H4O/c1-2-3-4-5-6-7-8-9-10-11-12-13-14-15-17-20(21(22)24)18-16-19-23;1-2-3-1/h9-10,20,23H,2-8,11-19H2,1H3,(H2,22,24);1-2H2/b10-9-;. The molecule has 0 aromatic heterocycles. The van der Waals surface area contributed by atoms with Gasteiger partial charge in [0.25, 0.3) is 0 Å². The Kier molecular flexibility index (Phi) is 20.7. The Morgan fingerprint density at radius 1 is 0.889 bits per heavy atom. The van der Waals surface area contributed by atoms with Gasteiger partial charge in [0.2, 0.25) is 5.91 Å². The number of hydrogen-bond donors (Lipinski definition) is 2. The SMILES string of the molecule is C1CO1.CCCCCCCC/C=C\CCCCCCC(CCCO)C(N)=O. The number of carbonyl (C=O) groups is 1. The molecule has 27 heavy (non-hydrogen) atoms. The van der Waals surface area contributed by atoms with E-state index in [-0.39, 0.29) is 18.4 Å². The molecule has 1 fully saturated rings. The Hall–Kier alpha value is -0.870. The third-order valence-electron chi connectivity index (χ3n) is 4.88. The van der Waals surface area contributed by atoms with Crippen LogP contribution in [-0.2, 0) is 9.53 Å². The summed E-state index contributed by atoms with van der Waals surface area (Å²) in [6.07, 6.45) is 22.3. The van der Waals surface area contributed by atoms with E-state index in [1.165, 1.54) is 70.6 Å². The Labute approximate surface area is 167 Å². The van der Waals surface area contributed by atoms with Crippen molar-refractivity contribution < 1.29 is 14.6 Å². The second kappa shape index (κ2) is 21.4. The number of primary amides is 1. The van der Waals surface area contributed by atoms with Crippen molar-refractivity contribution in [3.05, 3.63) is 12.2 Å². The molecule has 1 aliphatic rings. The lowest BCUT2D eigenvalue weighted by Crippen LogP contribution is -2.23. The second-order valence-corrected chi connectivity index (χ2v) is 7.60. The van der Waals surface area contributed by atoms with Crippen LogP contribution in [-0.4, -0.2) is 30.8 Å². The van der Waals surface area contributed by atoms with E-state index >= 15 is 0 Å². The number of epoxide rings is 1.